The summed E-state index contributed by atoms with van der Waals surface area (Å²) in [7, 11) is 0. The number of rotatable bonds is 6. The quantitative estimate of drug-likeness (QED) is 0.771. The van der Waals surface area contributed by atoms with Gasteiger partial charge in [-0.15, -0.1) is 24.8 Å². The smallest absolute Gasteiger partial charge is 0.222 e. The van der Waals surface area contributed by atoms with E-state index in [9.17, 15) is 9.18 Å². The minimum atomic E-state index is -0.203. The van der Waals surface area contributed by atoms with Gasteiger partial charge in [0.25, 0.3) is 0 Å². The highest BCUT2D eigenvalue weighted by atomic mass is 35.5. The topological polar surface area (TPSA) is 49.6 Å². The summed E-state index contributed by atoms with van der Waals surface area (Å²) in [5, 5.41) is 0. The van der Waals surface area contributed by atoms with Gasteiger partial charge >= 0.3 is 0 Å². The summed E-state index contributed by atoms with van der Waals surface area (Å²) in [5.41, 5.74) is 6.64. The molecule has 2 atom stereocenters. The number of halogens is 3. The zero-order valence-electron chi connectivity index (χ0n) is 15.6. The first-order valence-electron chi connectivity index (χ1n) is 9.31. The molecule has 2 heterocycles. The molecule has 0 saturated carbocycles. The van der Waals surface area contributed by atoms with Crippen molar-refractivity contribution in [3.05, 3.63) is 41.7 Å². The zero-order valence-corrected chi connectivity index (χ0v) is 17.2. The van der Waals surface area contributed by atoms with Crippen LogP contribution < -0.4 is 5.73 Å². The molecule has 1 amide bonds. The maximum Gasteiger partial charge on any atom is 0.222 e. The van der Waals surface area contributed by atoms with Crippen LogP contribution in [-0.4, -0.2) is 54.5 Å². The standard InChI is InChI=1S/C20H28FN3O.2ClH/c21-18-7-4-16(5-8-18)3-1-12-23-14-10-19-17(15-23)6-9-20(25)24(19)13-2-11-22;;/h1,3-5,7-8,17,19H,2,6,9-15,22H2;2*1H/b3-1+;;/t17-,19+;;/m0../s1. The fourth-order valence-corrected chi connectivity index (χ4v) is 4.06. The summed E-state index contributed by atoms with van der Waals surface area (Å²) in [6.45, 7) is 4.41. The SMILES string of the molecule is Cl.Cl.NCCCN1C(=O)CC[C@H]2CN(C/C=C/c3ccc(F)cc3)CC[C@H]21. The maximum atomic E-state index is 12.9. The third-order valence-corrected chi connectivity index (χ3v) is 5.37. The number of likely N-dealkylation sites (tertiary alicyclic amines) is 2. The van der Waals surface area contributed by atoms with Crippen molar-refractivity contribution in [3.63, 3.8) is 0 Å². The van der Waals surface area contributed by atoms with Crippen LogP contribution in [-0.2, 0) is 4.79 Å². The van der Waals surface area contributed by atoms with Crippen LogP contribution in [0.15, 0.2) is 30.3 Å². The van der Waals surface area contributed by atoms with Gasteiger partial charge < -0.3 is 10.6 Å². The van der Waals surface area contributed by atoms with Crippen LogP contribution >= 0.6 is 24.8 Å². The predicted octanol–water partition coefficient (Wildman–Crippen LogP) is 3.34. The van der Waals surface area contributed by atoms with Gasteiger partial charge in [0.2, 0.25) is 5.91 Å². The number of piperidine rings is 2. The van der Waals surface area contributed by atoms with Crippen LogP contribution in [0.1, 0.15) is 31.2 Å². The zero-order chi connectivity index (χ0) is 17.6. The van der Waals surface area contributed by atoms with E-state index < -0.39 is 0 Å². The van der Waals surface area contributed by atoms with Gasteiger partial charge in [0.05, 0.1) is 0 Å². The van der Waals surface area contributed by atoms with E-state index in [1.165, 1.54) is 12.1 Å². The molecule has 3 rings (SSSR count). The highest BCUT2D eigenvalue weighted by Gasteiger charge is 2.38. The monoisotopic (exact) mass is 417 g/mol. The van der Waals surface area contributed by atoms with Crippen LogP contribution in [0.2, 0.25) is 0 Å². The van der Waals surface area contributed by atoms with Crippen molar-refractivity contribution in [1.29, 1.82) is 0 Å². The summed E-state index contributed by atoms with van der Waals surface area (Å²) in [5.74, 6) is 0.674. The molecule has 2 fully saturated rings. The number of amides is 1. The number of carbonyl (C=O) groups is 1. The van der Waals surface area contributed by atoms with Gasteiger partial charge in [-0.3, -0.25) is 9.69 Å². The molecule has 2 aliphatic heterocycles. The summed E-state index contributed by atoms with van der Waals surface area (Å²) >= 11 is 0. The highest BCUT2D eigenvalue weighted by Crippen LogP contribution is 2.31. The summed E-state index contributed by atoms with van der Waals surface area (Å²) in [6.07, 6.45) is 7.80. The Morgan fingerprint density at radius 1 is 1.19 bits per heavy atom. The Morgan fingerprint density at radius 3 is 2.63 bits per heavy atom. The molecule has 27 heavy (non-hydrogen) atoms. The van der Waals surface area contributed by atoms with Crippen molar-refractivity contribution in [2.75, 3.05) is 32.7 Å². The minimum absolute atomic E-state index is 0. The number of carbonyl (C=O) groups excluding carboxylic acids is 1. The van der Waals surface area contributed by atoms with Gasteiger partial charge in [-0.25, -0.2) is 4.39 Å². The predicted molar refractivity (Wildman–Crippen MR) is 113 cm³/mol. The molecule has 0 unspecified atom stereocenters. The lowest BCUT2D eigenvalue weighted by Crippen LogP contribution is -2.56. The van der Waals surface area contributed by atoms with Gasteiger partial charge in [0, 0.05) is 38.6 Å². The Balaban J connectivity index is 0.00000182. The largest absolute Gasteiger partial charge is 0.339 e. The van der Waals surface area contributed by atoms with Gasteiger partial charge in [-0.1, -0.05) is 24.3 Å². The van der Waals surface area contributed by atoms with Crippen molar-refractivity contribution in [1.82, 2.24) is 9.80 Å². The van der Waals surface area contributed by atoms with Gasteiger partial charge in [0.15, 0.2) is 0 Å². The average molecular weight is 418 g/mol. The Labute approximate surface area is 173 Å². The molecule has 1 aromatic rings. The number of nitrogens with zero attached hydrogens (tertiary/aromatic N) is 2. The number of nitrogens with two attached hydrogens (primary N) is 1. The second kappa shape index (κ2) is 11.6. The molecule has 2 N–H and O–H groups in total. The number of fused-ring (bicyclic) bond motifs is 1. The Morgan fingerprint density at radius 2 is 1.93 bits per heavy atom. The lowest BCUT2D eigenvalue weighted by atomic mass is 9.83. The third kappa shape index (κ3) is 6.46. The molecule has 0 aliphatic carbocycles. The van der Waals surface area contributed by atoms with Crippen molar-refractivity contribution < 1.29 is 9.18 Å². The van der Waals surface area contributed by atoms with Gasteiger partial charge in [-0.2, -0.15) is 0 Å². The molecule has 0 spiro atoms. The highest BCUT2D eigenvalue weighted by molar-refractivity contribution is 5.85. The van der Waals surface area contributed by atoms with Crippen LogP contribution in [0.25, 0.3) is 6.08 Å². The first-order valence-corrected chi connectivity index (χ1v) is 9.31. The molecule has 0 aromatic heterocycles. The van der Waals surface area contributed by atoms with Gasteiger partial charge in [0.1, 0.15) is 5.82 Å². The second-order valence-electron chi connectivity index (χ2n) is 7.10. The molecule has 0 bridgehead atoms. The van der Waals surface area contributed by atoms with Crippen LogP contribution in [0.4, 0.5) is 4.39 Å². The Hall–Kier alpha value is -1.14. The van der Waals surface area contributed by atoms with Crippen molar-refractivity contribution in [2.45, 2.75) is 31.7 Å². The molecule has 2 saturated heterocycles. The van der Waals surface area contributed by atoms with Crippen molar-refractivity contribution >= 4 is 36.8 Å². The minimum Gasteiger partial charge on any atom is -0.339 e. The van der Waals surface area contributed by atoms with E-state index in [-0.39, 0.29) is 30.6 Å². The lowest BCUT2D eigenvalue weighted by Gasteiger charge is -2.47. The van der Waals surface area contributed by atoms with E-state index in [1.807, 2.05) is 6.08 Å². The van der Waals surface area contributed by atoms with Gasteiger partial charge in [-0.05, 0) is 49.4 Å². The average Bonchev–Trinajstić information content (AvgIpc) is 2.63. The first kappa shape index (κ1) is 23.9. The van der Waals surface area contributed by atoms with Crippen LogP contribution in [0, 0.1) is 11.7 Å². The first-order chi connectivity index (χ1) is 12.2. The molecule has 152 valence electrons. The normalized spacial score (nSPS) is 22.9. The molecular weight excluding hydrogens is 388 g/mol. The molecule has 1 aromatic carbocycles. The Kier molecular flexibility index (Phi) is 10.3. The third-order valence-electron chi connectivity index (χ3n) is 5.37. The van der Waals surface area contributed by atoms with Crippen molar-refractivity contribution in [2.24, 2.45) is 11.7 Å². The number of benzene rings is 1. The van der Waals surface area contributed by atoms with E-state index >= 15 is 0 Å². The molecular formula is C20H30Cl2FN3O. The van der Waals surface area contributed by atoms with Crippen LogP contribution in [0.3, 0.4) is 0 Å². The molecule has 4 nitrogen and oxygen atoms in total. The van der Waals surface area contributed by atoms with E-state index in [0.717, 1.165) is 51.0 Å². The molecule has 0 radical (unpaired) electrons. The summed E-state index contributed by atoms with van der Waals surface area (Å²) < 4.78 is 12.9. The number of hydrogen-bond acceptors (Lipinski definition) is 3. The summed E-state index contributed by atoms with van der Waals surface area (Å²) in [4.78, 5) is 16.8. The van der Waals surface area contributed by atoms with Crippen LogP contribution in [0.5, 0.6) is 0 Å². The maximum absolute atomic E-state index is 12.9. The number of hydrogen-bond donors (Lipinski definition) is 1. The van der Waals surface area contributed by atoms with E-state index in [1.54, 1.807) is 12.1 Å². The van der Waals surface area contributed by atoms with Crippen molar-refractivity contribution in [3.8, 4) is 0 Å². The molecule has 2 aliphatic rings. The van der Waals surface area contributed by atoms with E-state index in [0.29, 0.717) is 30.8 Å². The fraction of sp³-hybridized carbons (Fsp3) is 0.550. The summed E-state index contributed by atoms with van der Waals surface area (Å²) in [6, 6.07) is 6.95. The Bertz CT molecular complexity index is 612. The van der Waals surface area contributed by atoms with E-state index in [4.69, 9.17) is 5.73 Å². The molecule has 7 heteroatoms. The van der Waals surface area contributed by atoms with E-state index in [2.05, 4.69) is 15.9 Å². The second-order valence-corrected chi connectivity index (χ2v) is 7.10. The lowest BCUT2D eigenvalue weighted by molar-refractivity contribution is -0.141. The fourth-order valence-electron chi connectivity index (χ4n) is 4.06.